The van der Waals surface area contributed by atoms with Crippen LogP contribution >= 0.6 is 0 Å². The molecule has 1 N–H and O–H groups in total. The lowest BCUT2D eigenvalue weighted by atomic mass is 10.0. The van der Waals surface area contributed by atoms with Crippen molar-refractivity contribution in [2.45, 2.75) is 25.3 Å². The molecule has 1 saturated heterocycles. The fourth-order valence-electron chi connectivity index (χ4n) is 3.39. The molecule has 2 aromatic carbocycles. The SMILES string of the molecule is c1cc(-c2ccc(Cc3ccc(OCC4CCCN4)cc3)cc2)ccn1. The molecule has 132 valence electrons. The van der Waals surface area contributed by atoms with Gasteiger partial charge in [0.25, 0.3) is 0 Å². The molecule has 1 aliphatic heterocycles. The Balaban J connectivity index is 1.35. The minimum atomic E-state index is 0.508. The largest absolute Gasteiger partial charge is 0.492 e. The van der Waals surface area contributed by atoms with Crippen molar-refractivity contribution in [3.8, 4) is 16.9 Å². The molecule has 3 nitrogen and oxygen atoms in total. The van der Waals surface area contributed by atoms with E-state index < -0.39 is 0 Å². The molecule has 1 fully saturated rings. The highest BCUT2D eigenvalue weighted by Gasteiger charge is 2.14. The Morgan fingerprint density at radius 1 is 0.846 bits per heavy atom. The molecule has 26 heavy (non-hydrogen) atoms. The maximum Gasteiger partial charge on any atom is 0.119 e. The molecular weight excluding hydrogens is 320 g/mol. The summed E-state index contributed by atoms with van der Waals surface area (Å²) in [6.45, 7) is 1.88. The summed E-state index contributed by atoms with van der Waals surface area (Å²) in [5, 5.41) is 3.46. The zero-order valence-electron chi connectivity index (χ0n) is 14.9. The number of nitrogens with one attached hydrogen (secondary N) is 1. The Morgan fingerprint density at radius 2 is 1.50 bits per heavy atom. The molecule has 0 amide bonds. The van der Waals surface area contributed by atoms with Gasteiger partial charge in [0.1, 0.15) is 12.4 Å². The molecule has 3 aromatic rings. The van der Waals surface area contributed by atoms with Gasteiger partial charge in [-0.05, 0) is 72.3 Å². The average molecular weight is 344 g/mol. The predicted octanol–water partition coefficient (Wildman–Crippen LogP) is 4.47. The van der Waals surface area contributed by atoms with Gasteiger partial charge in [0.15, 0.2) is 0 Å². The quantitative estimate of drug-likeness (QED) is 0.716. The molecule has 3 heteroatoms. The number of aromatic nitrogens is 1. The van der Waals surface area contributed by atoms with E-state index in [2.05, 4.69) is 58.8 Å². The maximum atomic E-state index is 5.89. The van der Waals surface area contributed by atoms with E-state index in [1.54, 1.807) is 0 Å². The van der Waals surface area contributed by atoms with Gasteiger partial charge in [-0.1, -0.05) is 36.4 Å². The van der Waals surface area contributed by atoms with Crippen molar-refractivity contribution in [3.05, 3.63) is 84.2 Å². The molecule has 0 aliphatic carbocycles. The Morgan fingerprint density at radius 3 is 2.15 bits per heavy atom. The van der Waals surface area contributed by atoms with Crippen LogP contribution in [0.15, 0.2) is 73.1 Å². The summed E-state index contributed by atoms with van der Waals surface area (Å²) in [5.74, 6) is 0.954. The van der Waals surface area contributed by atoms with Gasteiger partial charge in [0.2, 0.25) is 0 Å². The van der Waals surface area contributed by atoms with Crippen LogP contribution in [0.5, 0.6) is 5.75 Å². The van der Waals surface area contributed by atoms with Crippen LogP contribution in [0.4, 0.5) is 0 Å². The second-order valence-corrected chi connectivity index (χ2v) is 6.86. The fourth-order valence-corrected chi connectivity index (χ4v) is 3.39. The third-order valence-corrected chi connectivity index (χ3v) is 4.91. The highest BCUT2D eigenvalue weighted by atomic mass is 16.5. The number of pyridine rings is 1. The molecule has 0 bridgehead atoms. The zero-order chi connectivity index (χ0) is 17.6. The molecule has 1 atom stereocenters. The molecule has 4 rings (SSSR count). The topological polar surface area (TPSA) is 34.1 Å². The molecule has 1 unspecified atom stereocenters. The zero-order valence-corrected chi connectivity index (χ0v) is 14.9. The van der Waals surface area contributed by atoms with Crippen molar-refractivity contribution >= 4 is 0 Å². The second kappa shape index (κ2) is 8.15. The molecule has 2 heterocycles. The number of nitrogens with zero attached hydrogens (tertiary/aromatic N) is 1. The number of hydrogen-bond donors (Lipinski definition) is 1. The summed E-state index contributed by atoms with van der Waals surface area (Å²) in [5.41, 5.74) is 5.03. The number of ether oxygens (including phenoxy) is 1. The molecule has 1 aromatic heterocycles. The molecule has 0 spiro atoms. The highest BCUT2D eigenvalue weighted by Crippen LogP contribution is 2.21. The summed E-state index contributed by atoms with van der Waals surface area (Å²) in [6.07, 6.45) is 7.06. The Bertz CT molecular complexity index is 807. The summed E-state index contributed by atoms with van der Waals surface area (Å²) < 4.78 is 5.89. The molecular formula is C23H24N2O. The van der Waals surface area contributed by atoms with Gasteiger partial charge in [-0.3, -0.25) is 4.98 Å². The van der Waals surface area contributed by atoms with Gasteiger partial charge in [0.05, 0.1) is 0 Å². The van der Waals surface area contributed by atoms with Crippen LogP contribution in [0.25, 0.3) is 11.1 Å². The third kappa shape index (κ3) is 4.30. The minimum absolute atomic E-state index is 0.508. The van der Waals surface area contributed by atoms with E-state index >= 15 is 0 Å². The Hall–Kier alpha value is -2.65. The van der Waals surface area contributed by atoms with Gasteiger partial charge in [-0.2, -0.15) is 0 Å². The lowest BCUT2D eigenvalue weighted by molar-refractivity contribution is 0.277. The lowest BCUT2D eigenvalue weighted by Gasteiger charge is -2.12. The van der Waals surface area contributed by atoms with Crippen molar-refractivity contribution in [2.75, 3.05) is 13.2 Å². The second-order valence-electron chi connectivity index (χ2n) is 6.86. The van der Waals surface area contributed by atoms with Crippen LogP contribution in [-0.2, 0) is 6.42 Å². The smallest absolute Gasteiger partial charge is 0.119 e. The van der Waals surface area contributed by atoms with Gasteiger partial charge >= 0.3 is 0 Å². The van der Waals surface area contributed by atoms with Gasteiger partial charge < -0.3 is 10.1 Å². The molecule has 1 aliphatic rings. The first-order chi connectivity index (χ1) is 12.9. The van der Waals surface area contributed by atoms with E-state index in [1.165, 1.54) is 35.1 Å². The highest BCUT2D eigenvalue weighted by molar-refractivity contribution is 5.63. The number of rotatable bonds is 6. The van der Waals surface area contributed by atoms with E-state index in [0.29, 0.717) is 6.04 Å². The summed E-state index contributed by atoms with van der Waals surface area (Å²) in [7, 11) is 0. The summed E-state index contributed by atoms with van der Waals surface area (Å²) >= 11 is 0. The van der Waals surface area contributed by atoms with Crippen LogP contribution in [0.2, 0.25) is 0 Å². The van der Waals surface area contributed by atoms with Crippen molar-refractivity contribution in [3.63, 3.8) is 0 Å². The monoisotopic (exact) mass is 344 g/mol. The maximum absolute atomic E-state index is 5.89. The van der Waals surface area contributed by atoms with Crippen LogP contribution in [-0.4, -0.2) is 24.2 Å². The number of benzene rings is 2. The third-order valence-electron chi connectivity index (χ3n) is 4.91. The van der Waals surface area contributed by atoms with Crippen LogP contribution in [0.3, 0.4) is 0 Å². The Labute approximate surface area is 155 Å². The van der Waals surface area contributed by atoms with E-state index in [4.69, 9.17) is 4.74 Å². The average Bonchev–Trinajstić information content (AvgIpc) is 3.22. The van der Waals surface area contributed by atoms with Gasteiger partial charge in [0, 0.05) is 18.4 Å². The molecule has 0 radical (unpaired) electrons. The van der Waals surface area contributed by atoms with E-state index in [1.807, 2.05) is 24.5 Å². The van der Waals surface area contributed by atoms with E-state index in [0.717, 1.165) is 25.3 Å². The summed E-state index contributed by atoms with van der Waals surface area (Å²) in [6, 6.07) is 21.8. The Kier molecular flexibility index (Phi) is 5.27. The van der Waals surface area contributed by atoms with E-state index in [9.17, 15) is 0 Å². The number of hydrogen-bond acceptors (Lipinski definition) is 3. The van der Waals surface area contributed by atoms with Gasteiger partial charge in [-0.25, -0.2) is 0 Å². The van der Waals surface area contributed by atoms with Crippen molar-refractivity contribution in [1.82, 2.24) is 10.3 Å². The predicted molar refractivity (Wildman–Crippen MR) is 105 cm³/mol. The van der Waals surface area contributed by atoms with Crippen LogP contribution < -0.4 is 10.1 Å². The summed E-state index contributed by atoms with van der Waals surface area (Å²) in [4.78, 5) is 4.07. The fraction of sp³-hybridized carbons (Fsp3) is 0.261. The first-order valence-electron chi connectivity index (χ1n) is 9.31. The van der Waals surface area contributed by atoms with Crippen molar-refractivity contribution in [1.29, 1.82) is 0 Å². The normalized spacial score (nSPS) is 16.5. The first-order valence-corrected chi connectivity index (χ1v) is 9.31. The minimum Gasteiger partial charge on any atom is -0.492 e. The lowest BCUT2D eigenvalue weighted by Crippen LogP contribution is -2.28. The molecule has 0 saturated carbocycles. The van der Waals surface area contributed by atoms with Crippen LogP contribution in [0, 0.1) is 0 Å². The van der Waals surface area contributed by atoms with Gasteiger partial charge in [-0.15, -0.1) is 0 Å². The first kappa shape index (κ1) is 16.8. The van der Waals surface area contributed by atoms with Crippen molar-refractivity contribution in [2.24, 2.45) is 0 Å². The van der Waals surface area contributed by atoms with E-state index in [-0.39, 0.29) is 0 Å². The van der Waals surface area contributed by atoms with Crippen molar-refractivity contribution < 1.29 is 4.74 Å². The standard InChI is InChI=1S/C23H24N2O/c1-2-22(25-13-1)17-26-23-9-5-19(6-10-23)16-18-3-7-20(8-4-18)21-11-14-24-15-12-21/h3-12,14-15,22,25H,1-2,13,16-17H2. The van der Waals surface area contributed by atoms with Crippen LogP contribution in [0.1, 0.15) is 24.0 Å².